The van der Waals surface area contributed by atoms with Crippen molar-refractivity contribution in [1.29, 1.82) is 0 Å². The van der Waals surface area contributed by atoms with E-state index in [1.807, 2.05) is 27.7 Å². The first-order valence-electron chi connectivity index (χ1n) is 9.66. The van der Waals surface area contributed by atoms with Crippen LogP contribution >= 0.6 is 11.6 Å². The van der Waals surface area contributed by atoms with Gasteiger partial charge >= 0.3 is 13.2 Å². The van der Waals surface area contributed by atoms with Crippen molar-refractivity contribution in [1.82, 2.24) is 25.5 Å². The predicted molar refractivity (Wildman–Crippen MR) is 115 cm³/mol. The molecular formula is C19H27BClN5O4. The Bertz CT molecular complexity index is 967. The Kier molecular flexibility index (Phi) is 5.88. The van der Waals surface area contributed by atoms with Gasteiger partial charge in [-0.3, -0.25) is 5.10 Å². The molecule has 9 nitrogen and oxygen atoms in total. The van der Waals surface area contributed by atoms with Gasteiger partial charge in [-0.25, -0.2) is 14.8 Å². The largest absolute Gasteiger partial charge is 0.492 e. The number of ether oxygens (including phenoxy) is 1. The third-order valence-electron chi connectivity index (χ3n) is 5.05. The standard InChI is InChI=1S/C19H27BClN5O4/c1-17(2,3)28-16(27)22-9-11(20-29-18(4,5)19(6,7)30-20)8-12-13-14(21)23-10-24-15(13)26-25-12/h8,10H,9H2,1-7H3,(H,22,27)(H,23,24,25,26). The number of alkyl carbamates (subject to hydrolysis) is 1. The molecule has 30 heavy (non-hydrogen) atoms. The molecule has 1 aliphatic rings. The van der Waals surface area contributed by atoms with Crippen LogP contribution in [0.1, 0.15) is 54.2 Å². The van der Waals surface area contributed by atoms with E-state index < -0.39 is 30.0 Å². The van der Waals surface area contributed by atoms with Crippen LogP contribution in [0.4, 0.5) is 4.79 Å². The second-order valence-electron chi connectivity index (χ2n) is 9.16. The van der Waals surface area contributed by atoms with Crippen molar-refractivity contribution < 1.29 is 18.8 Å². The second-order valence-corrected chi connectivity index (χ2v) is 9.52. The molecule has 2 N–H and O–H groups in total. The summed E-state index contributed by atoms with van der Waals surface area (Å²) in [5.41, 5.74) is -0.00673. The first-order chi connectivity index (χ1) is 13.8. The van der Waals surface area contributed by atoms with E-state index in [-0.39, 0.29) is 11.7 Å². The average molecular weight is 436 g/mol. The van der Waals surface area contributed by atoms with E-state index in [2.05, 4.69) is 25.5 Å². The van der Waals surface area contributed by atoms with Gasteiger partial charge in [-0.2, -0.15) is 5.10 Å². The summed E-state index contributed by atoms with van der Waals surface area (Å²) in [6, 6.07) is 0. The molecule has 2 aromatic heterocycles. The molecule has 1 fully saturated rings. The van der Waals surface area contributed by atoms with Crippen LogP contribution in [0.3, 0.4) is 0 Å². The minimum absolute atomic E-state index is 0.136. The molecule has 0 spiro atoms. The summed E-state index contributed by atoms with van der Waals surface area (Å²) in [7, 11) is -0.688. The lowest BCUT2D eigenvalue weighted by Crippen LogP contribution is -2.41. The van der Waals surface area contributed by atoms with Gasteiger partial charge in [0.2, 0.25) is 0 Å². The van der Waals surface area contributed by atoms with Crippen molar-refractivity contribution in [3.05, 3.63) is 22.6 Å². The monoisotopic (exact) mass is 435 g/mol. The number of hydrogen-bond donors (Lipinski definition) is 2. The quantitative estimate of drug-likeness (QED) is 0.558. The van der Waals surface area contributed by atoms with Gasteiger partial charge in [0.15, 0.2) is 5.65 Å². The highest BCUT2D eigenvalue weighted by Gasteiger charge is 2.52. The summed E-state index contributed by atoms with van der Waals surface area (Å²) in [4.78, 5) is 20.3. The number of H-pyrrole nitrogens is 1. The van der Waals surface area contributed by atoms with E-state index in [4.69, 9.17) is 25.6 Å². The number of aromatic amines is 1. The number of aromatic nitrogens is 4. The summed E-state index contributed by atoms with van der Waals surface area (Å²) in [6.45, 7) is 13.4. The topological polar surface area (TPSA) is 111 Å². The fourth-order valence-electron chi connectivity index (χ4n) is 2.82. The van der Waals surface area contributed by atoms with E-state index in [0.29, 0.717) is 22.2 Å². The molecule has 1 saturated heterocycles. The van der Waals surface area contributed by atoms with Crippen molar-refractivity contribution >= 4 is 41.9 Å². The van der Waals surface area contributed by atoms with Crippen LogP contribution in [0.15, 0.2) is 11.8 Å². The highest BCUT2D eigenvalue weighted by atomic mass is 35.5. The Hall–Kier alpha value is -2.17. The number of rotatable bonds is 4. The highest BCUT2D eigenvalue weighted by molar-refractivity contribution is 6.56. The molecule has 0 saturated carbocycles. The Morgan fingerprint density at radius 1 is 1.27 bits per heavy atom. The van der Waals surface area contributed by atoms with Gasteiger partial charge in [0.25, 0.3) is 0 Å². The minimum atomic E-state index is -0.688. The molecule has 162 valence electrons. The number of carbonyl (C=O) groups excluding carboxylic acids is 1. The Morgan fingerprint density at radius 2 is 1.90 bits per heavy atom. The maximum Gasteiger partial charge on any atom is 0.492 e. The number of halogens is 1. The molecule has 11 heteroatoms. The van der Waals surface area contributed by atoms with Crippen LogP contribution in [-0.4, -0.2) is 56.7 Å². The molecule has 3 heterocycles. The van der Waals surface area contributed by atoms with Crippen LogP contribution in [0.5, 0.6) is 0 Å². The maximum atomic E-state index is 12.2. The van der Waals surface area contributed by atoms with E-state index in [9.17, 15) is 4.79 Å². The van der Waals surface area contributed by atoms with Crippen molar-refractivity contribution in [2.45, 2.75) is 65.3 Å². The van der Waals surface area contributed by atoms with Gasteiger partial charge < -0.3 is 19.4 Å². The molecule has 0 bridgehead atoms. The summed E-state index contributed by atoms with van der Waals surface area (Å²) >= 11 is 6.24. The van der Waals surface area contributed by atoms with Crippen molar-refractivity contribution in [3.8, 4) is 0 Å². The molecule has 0 atom stereocenters. The van der Waals surface area contributed by atoms with Gasteiger partial charge in [0.1, 0.15) is 17.1 Å². The van der Waals surface area contributed by atoms with E-state index >= 15 is 0 Å². The molecule has 1 amide bonds. The highest BCUT2D eigenvalue weighted by Crippen LogP contribution is 2.39. The van der Waals surface area contributed by atoms with Crippen LogP contribution in [-0.2, 0) is 14.0 Å². The first-order valence-corrected chi connectivity index (χ1v) is 10.0. The van der Waals surface area contributed by atoms with Crippen LogP contribution in [0.25, 0.3) is 17.1 Å². The maximum absolute atomic E-state index is 12.2. The number of fused-ring (bicyclic) bond motifs is 1. The first kappa shape index (κ1) is 22.5. The normalized spacial score (nSPS) is 18.7. The zero-order chi connectivity index (χ0) is 22.3. The number of nitrogens with one attached hydrogen (secondary N) is 2. The fraction of sp³-hybridized carbons (Fsp3) is 0.579. The molecule has 3 rings (SSSR count). The Balaban J connectivity index is 1.93. The molecule has 0 radical (unpaired) electrons. The number of nitrogens with zero attached hydrogens (tertiary/aromatic N) is 3. The van der Waals surface area contributed by atoms with E-state index in [1.54, 1.807) is 26.8 Å². The minimum Gasteiger partial charge on any atom is -0.444 e. The Labute approximate surface area is 181 Å². The average Bonchev–Trinajstić information content (AvgIpc) is 3.08. The van der Waals surface area contributed by atoms with Crippen molar-refractivity contribution in [2.24, 2.45) is 0 Å². The van der Waals surface area contributed by atoms with Gasteiger partial charge in [-0.15, -0.1) is 0 Å². The van der Waals surface area contributed by atoms with Crippen LogP contribution in [0, 0.1) is 0 Å². The third kappa shape index (κ3) is 4.76. The molecule has 0 aromatic carbocycles. The lowest BCUT2D eigenvalue weighted by molar-refractivity contribution is 0.00578. The zero-order valence-corrected chi connectivity index (χ0v) is 19.0. The zero-order valence-electron chi connectivity index (χ0n) is 18.3. The molecule has 2 aromatic rings. The fourth-order valence-corrected chi connectivity index (χ4v) is 3.05. The van der Waals surface area contributed by atoms with Crippen LogP contribution < -0.4 is 5.32 Å². The van der Waals surface area contributed by atoms with Gasteiger partial charge in [-0.1, -0.05) is 11.6 Å². The SMILES string of the molecule is CC(C)(C)OC(=O)NCC(=Cc1[nH]nc2ncnc(Cl)c12)B1OC(C)(C)C(C)(C)O1. The summed E-state index contributed by atoms with van der Waals surface area (Å²) in [5.74, 6) is 0. The van der Waals surface area contributed by atoms with Gasteiger partial charge in [0, 0.05) is 6.54 Å². The van der Waals surface area contributed by atoms with Gasteiger partial charge in [-0.05, 0) is 60.0 Å². The van der Waals surface area contributed by atoms with E-state index in [0.717, 1.165) is 0 Å². The lowest BCUT2D eigenvalue weighted by Gasteiger charge is -2.32. The van der Waals surface area contributed by atoms with Crippen molar-refractivity contribution in [3.63, 3.8) is 0 Å². The lowest BCUT2D eigenvalue weighted by atomic mass is 9.77. The number of carbonyl (C=O) groups is 1. The van der Waals surface area contributed by atoms with Crippen molar-refractivity contribution in [2.75, 3.05) is 6.54 Å². The summed E-state index contributed by atoms with van der Waals surface area (Å²) < 4.78 is 17.7. The number of amides is 1. The summed E-state index contributed by atoms with van der Waals surface area (Å²) in [5, 5.41) is 10.7. The smallest absolute Gasteiger partial charge is 0.444 e. The predicted octanol–water partition coefficient (Wildman–Crippen LogP) is 3.55. The molecule has 0 aliphatic carbocycles. The summed E-state index contributed by atoms with van der Waals surface area (Å²) in [6.07, 6.45) is 2.59. The van der Waals surface area contributed by atoms with Gasteiger partial charge in [0.05, 0.1) is 22.3 Å². The molecule has 1 aliphatic heterocycles. The Morgan fingerprint density at radius 3 is 2.50 bits per heavy atom. The van der Waals surface area contributed by atoms with E-state index in [1.165, 1.54) is 6.33 Å². The second kappa shape index (κ2) is 7.83. The number of hydrogen-bond acceptors (Lipinski definition) is 7. The molecule has 0 unspecified atom stereocenters. The molecular weight excluding hydrogens is 409 g/mol. The third-order valence-corrected chi connectivity index (χ3v) is 5.34. The van der Waals surface area contributed by atoms with Crippen LogP contribution in [0.2, 0.25) is 5.15 Å².